The minimum Gasteiger partial charge on any atom is -0.459 e. The number of anilines is 3. The zero-order valence-corrected chi connectivity index (χ0v) is 19.3. The largest absolute Gasteiger partial charge is 0.459 e. The molecule has 5 rings (SSSR count). The molecule has 9 nitrogen and oxygen atoms in total. The summed E-state index contributed by atoms with van der Waals surface area (Å²) in [7, 11) is 0. The molecule has 0 radical (unpaired) electrons. The third-order valence-corrected chi connectivity index (χ3v) is 5.69. The van der Waals surface area contributed by atoms with Crippen LogP contribution in [0.5, 0.6) is 0 Å². The van der Waals surface area contributed by atoms with Crippen molar-refractivity contribution >= 4 is 45.5 Å². The standard InChI is InChI=1S/C24H28N6O3/c1-14-17-10-9-16(13-19(17)30(29-14)23(31)33-24(2,3)4)26-22-27-18-11-12-32-20(18)21(28-22)25-15-7-5-6-8-15/h9-13,15H,5-8H2,1-4H3,(H2,25,26,27,28). The monoisotopic (exact) mass is 448 g/mol. The summed E-state index contributed by atoms with van der Waals surface area (Å²) >= 11 is 0. The second kappa shape index (κ2) is 8.06. The van der Waals surface area contributed by atoms with Crippen molar-refractivity contribution in [3.8, 4) is 0 Å². The maximum Gasteiger partial charge on any atom is 0.435 e. The molecule has 0 aliphatic heterocycles. The van der Waals surface area contributed by atoms with Crippen LogP contribution in [0.2, 0.25) is 0 Å². The fourth-order valence-corrected chi connectivity index (χ4v) is 4.20. The second-order valence-electron chi connectivity index (χ2n) is 9.49. The lowest BCUT2D eigenvalue weighted by molar-refractivity contribution is 0.0522. The molecule has 1 saturated carbocycles. The maximum absolute atomic E-state index is 12.7. The summed E-state index contributed by atoms with van der Waals surface area (Å²) in [6, 6.07) is 7.92. The third kappa shape index (κ3) is 4.35. The van der Waals surface area contributed by atoms with E-state index in [2.05, 4.69) is 25.7 Å². The molecule has 0 bridgehead atoms. The SMILES string of the molecule is Cc1nn(C(=O)OC(C)(C)C)c2cc(Nc3nc(NC4CCCC4)c4occc4n3)ccc12. The van der Waals surface area contributed by atoms with E-state index in [1.165, 1.54) is 17.5 Å². The number of nitrogens with zero attached hydrogens (tertiary/aromatic N) is 4. The third-order valence-electron chi connectivity index (χ3n) is 5.69. The summed E-state index contributed by atoms with van der Waals surface area (Å²) in [4.78, 5) is 22.0. The minimum absolute atomic E-state index is 0.392. The van der Waals surface area contributed by atoms with E-state index in [1.54, 1.807) is 6.26 Å². The molecular formula is C24H28N6O3. The highest BCUT2D eigenvalue weighted by molar-refractivity contribution is 5.92. The molecule has 1 fully saturated rings. The van der Waals surface area contributed by atoms with Gasteiger partial charge in [-0.15, -0.1) is 0 Å². The molecule has 0 amide bonds. The molecule has 33 heavy (non-hydrogen) atoms. The lowest BCUT2D eigenvalue weighted by atomic mass is 10.2. The van der Waals surface area contributed by atoms with E-state index < -0.39 is 11.7 Å². The fraction of sp³-hybridized carbons (Fsp3) is 0.417. The van der Waals surface area contributed by atoms with Crippen molar-refractivity contribution < 1.29 is 13.9 Å². The van der Waals surface area contributed by atoms with Crippen molar-refractivity contribution in [2.45, 2.75) is 65.0 Å². The zero-order chi connectivity index (χ0) is 23.2. The van der Waals surface area contributed by atoms with E-state index in [4.69, 9.17) is 9.15 Å². The van der Waals surface area contributed by atoms with Crippen LogP contribution < -0.4 is 10.6 Å². The molecule has 0 spiro atoms. The highest BCUT2D eigenvalue weighted by Gasteiger charge is 2.22. The average molecular weight is 449 g/mol. The van der Waals surface area contributed by atoms with Gasteiger partial charge in [-0.25, -0.2) is 9.78 Å². The Labute approximate surface area is 191 Å². The minimum atomic E-state index is -0.615. The summed E-state index contributed by atoms with van der Waals surface area (Å²) in [5.41, 5.74) is 2.91. The van der Waals surface area contributed by atoms with E-state index in [1.807, 2.05) is 52.0 Å². The van der Waals surface area contributed by atoms with Gasteiger partial charge in [0.1, 0.15) is 11.1 Å². The van der Waals surface area contributed by atoms with Crippen molar-refractivity contribution in [3.05, 3.63) is 36.2 Å². The molecular weight excluding hydrogens is 420 g/mol. The Morgan fingerprint density at radius 2 is 1.97 bits per heavy atom. The highest BCUT2D eigenvalue weighted by atomic mass is 16.6. The summed E-state index contributed by atoms with van der Waals surface area (Å²) < 4.78 is 12.4. The summed E-state index contributed by atoms with van der Waals surface area (Å²) in [5.74, 6) is 1.14. The molecule has 0 unspecified atom stereocenters. The molecule has 172 valence electrons. The van der Waals surface area contributed by atoms with Crippen LogP contribution >= 0.6 is 0 Å². The van der Waals surface area contributed by atoms with Crippen molar-refractivity contribution in [1.82, 2.24) is 19.7 Å². The lowest BCUT2D eigenvalue weighted by Crippen LogP contribution is -2.27. The first-order valence-corrected chi connectivity index (χ1v) is 11.3. The van der Waals surface area contributed by atoms with Crippen LogP contribution in [-0.2, 0) is 4.74 Å². The fourth-order valence-electron chi connectivity index (χ4n) is 4.20. The van der Waals surface area contributed by atoms with Crippen LogP contribution in [0.25, 0.3) is 22.0 Å². The Hall–Kier alpha value is -3.62. The molecule has 9 heteroatoms. The van der Waals surface area contributed by atoms with Gasteiger partial charge in [0.2, 0.25) is 5.95 Å². The molecule has 0 saturated heterocycles. The van der Waals surface area contributed by atoms with Crippen LogP contribution in [-0.4, -0.2) is 37.5 Å². The van der Waals surface area contributed by atoms with E-state index in [0.717, 1.165) is 35.1 Å². The topological polar surface area (TPSA) is 107 Å². The first-order chi connectivity index (χ1) is 15.8. The van der Waals surface area contributed by atoms with Gasteiger partial charge in [0, 0.05) is 23.2 Å². The van der Waals surface area contributed by atoms with Crippen molar-refractivity contribution in [3.63, 3.8) is 0 Å². The lowest BCUT2D eigenvalue weighted by Gasteiger charge is -2.19. The average Bonchev–Trinajstić information content (AvgIpc) is 3.47. The number of carbonyl (C=O) groups excluding carboxylic acids is 1. The van der Waals surface area contributed by atoms with E-state index in [-0.39, 0.29) is 0 Å². The predicted molar refractivity (Wildman–Crippen MR) is 127 cm³/mol. The Bertz CT molecular complexity index is 1330. The number of benzene rings is 1. The number of carbonyl (C=O) groups is 1. The van der Waals surface area contributed by atoms with Gasteiger partial charge in [0.25, 0.3) is 0 Å². The quantitative estimate of drug-likeness (QED) is 0.406. The second-order valence-corrected chi connectivity index (χ2v) is 9.49. The molecule has 1 aliphatic carbocycles. The van der Waals surface area contributed by atoms with Crippen LogP contribution in [0.15, 0.2) is 34.9 Å². The molecule has 1 aliphatic rings. The Balaban J connectivity index is 1.47. The number of aromatic nitrogens is 4. The normalized spacial score (nSPS) is 14.8. The van der Waals surface area contributed by atoms with E-state index >= 15 is 0 Å². The smallest absolute Gasteiger partial charge is 0.435 e. The molecule has 0 atom stereocenters. The van der Waals surface area contributed by atoms with Crippen molar-refractivity contribution in [2.24, 2.45) is 0 Å². The van der Waals surface area contributed by atoms with Gasteiger partial charge in [-0.3, -0.25) is 0 Å². The zero-order valence-electron chi connectivity index (χ0n) is 19.3. The Morgan fingerprint density at radius 1 is 1.18 bits per heavy atom. The maximum atomic E-state index is 12.7. The summed E-state index contributed by atoms with van der Waals surface area (Å²) in [6.07, 6.45) is 5.80. The Kier molecular flexibility index (Phi) is 5.19. The molecule has 3 aromatic heterocycles. The highest BCUT2D eigenvalue weighted by Crippen LogP contribution is 2.29. The first-order valence-electron chi connectivity index (χ1n) is 11.3. The molecule has 1 aromatic carbocycles. The van der Waals surface area contributed by atoms with Gasteiger partial charge in [-0.05, 0) is 58.7 Å². The van der Waals surface area contributed by atoms with Gasteiger partial charge in [0.15, 0.2) is 11.4 Å². The molecule has 3 heterocycles. The van der Waals surface area contributed by atoms with Crippen LogP contribution in [0.1, 0.15) is 52.1 Å². The van der Waals surface area contributed by atoms with Crippen molar-refractivity contribution in [1.29, 1.82) is 0 Å². The van der Waals surface area contributed by atoms with Crippen LogP contribution in [0, 0.1) is 6.92 Å². The number of aryl methyl sites for hydroxylation is 1. The summed E-state index contributed by atoms with van der Waals surface area (Å²) in [5, 5.41) is 12.0. The van der Waals surface area contributed by atoms with Gasteiger partial charge in [-0.2, -0.15) is 14.8 Å². The van der Waals surface area contributed by atoms with Gasteiger partial charge in [-0.1, -0.05) is 12.8 Å². The van der Waals surface area contributed by atoms with E-state index in [9.17, 15) is 4.79 Å². The van der Waals surface area contributed by atoms with Crippen molar-refractivity contribution in [2.75, 3.05) is 10.6 Å². The van der Waals surface area contributed by atoms with Crippen LogP contribution in [0.4, 0.5) is 22.2 Å². The first kappa shape index (κ1) is 21.2. The molecule has 4 aromatic rings. The number of rotatable bonds is 4. The summed E-state index contributed by atoms with van der Waals surface area (Å²) in [6.45, 7) is 7.36. The number of nitrogens with one attached hydrogen (secondary N) is 2. The van der Waals surface area contributed by atoms with E-state index in [0.29, 0.717) is 28.9 Å². The number of hydrogen-bond donors (Lipinski definition) is 2. The number of furan rings is 1. The predicted octanol–water partition coefficient (Wildman–Crippen LogP) is 5.76. The molecule has 2 N–H and O–H groups in total. The number of fused-ring (bicyclic) bond motifs is 2. The van der Waals surface area contributed by atoms with Gasteiger partial charge < -0.3 is 19.8 Å². The van der Waals surface area contributed by atoms with Gasteiger partial charge >= 0.3 is 6.09 Å². The van der Waals surface area contributed by atoms with Gasteiger partial charge in [0.05, 0.1) is 17.5 Å². The van der Waals surface area contributed by atoms with Crippen LogP contribution in [0.3, 0.4) is 0 Å². The number of ether oxygens (including phenoxy) is 1. The Morgan fingerprint density at radius 3 is 2.73 bits per heavy atom. The number of hydrogen-bond acceptors (Lipinski definition) is 8.